The van der Waals surface area contributed by atoms with E-state index in [1.54, 1.807) is 30.3 Å². The Labute approximate surface area is 149 Å². The predicted octanol–water partition coefficient (Wildman–Crippen LogP) is 4.39. The van der Waals surface area contributed by atoms with Crippen LogP contribution in [0.3, 0.4) is 0 Å². The van der Waals surface area contributed by atoms with Gasteiger partial charge in [-0.05, 0) is 61.7 Å². The zero-order valence-electron chi connectivity index (χ0n) is 13.9. The highest BCUT2D eigenvalue weighted by Crippen LogP contribution is 2.17. The number of nitrogens with one attached hydrogen (secondary N) is 2. The zero-order valence-corrected chi connectivity index (χ0v) is 14.7. The Morgan fingerprint density at radius 2 is 1.80 bits per heavy atom. The van der Waals surface area contributed by atoms with Crippen LogP contribution >= 0.6 is 11.3 Å². The number of furan rings is 1. The van der Waals surface area contributed by atoms with Crippen LogP contribution in [-0.4, -0.2) is 11.8 Å². The number of anilines is 1. The molecule has 0 saturated carbocycles. The van der Waals surface area contributed by atoms with Crippen molar-refractivity contribution >= 4 is 28.8 Å². The minimum atomic E-state index is -0.223. The van der Waals surface area contributed by atoms with E-state index in [2.05, 4.69) is 10.6 Å². The molecule has 5 nitrogen and oxygen atoms in total. The molecule has 0 aliphatic heterocycles. The van der Waals surface area contributed by atoms with Crippen LogP contribution in [0.1, 0.15) is 44.5 Å². The number of aryl methyl sites for hydroxylation is 1. The molecule has 1 atom stereocenters. The van der Waals surface area contributed by atoms with Crippen LogP contribution in [0.25, 0.3) is 0 Å². The van der Waals surface area contributed by atoms with E-state index in [1.807, 2.05) is 37.4 Å². The summed E-state index contributed by atoms with van der Waals surface area (Å²) in [5, 5.41) is 7.55. The van der Waals surface area contributed by atoms with Gasteiger partial charge in [0.05, 0.1) is 10.9 Å². The van der Waals surface area contributed by atoms with Gasteiger partial charge in [-0.1, -0.05) is 6.07 Å². The Morgan fingerprint density at radius 3 is 2.40 bits per heavy atom. The van der Waals surface area contributed by atoms with Crippen molar-refractivity contribution in [1.82, 2.24) is 5.32 Å². The first kappa shape index (κ1) is 17.0. The Hall–Kier alpha value is -2.86. The van der Waals surface area contributed by atoms with E-state index in [1.165, 1.54) is 11.3 Å². The molecule has 3 aromatic rings. The van der Waals surface area contributed by atoms with Crippen LogP contribution in [0.5, 0.6) is 0 Å². The van der Waals surface area contributed by atoms with Crippen molar-refractivity contribution in [3.05, 3.63) is 75.9 Å². The first-order valence-corrected chi connectivity index (χ1v) is 8.73. The smallest absolute Gasteiger partial charge is 0.265 e. The Balaban J connectivity index is 1.61. The van der Waals surface area contributed by atoms with Gasteiger partial charge in [0, 0.05) is 11.3 Å². The molecule has 1 aromatic carbocycles. The minimum Gasteiger partial charge on any atom is -0.464 e. The normalized spacial score (nSPS) is 11.8. The fourth-order valence-corrected chi connectivity index (χ4v) is 2.96. The van der Waals surface area contributed by atoms with E-state index >= 15 is 0 Å². The average molecular weight is 354 g/mol. The molecule has 2 amide bonds. The van der Waals surface area contributed by atoms with E-state index in [-0.39, 0.29) is 17.9 Å². The van der Waals surface area contributed by atoms with Crippen LogP contribution in [0.2, 0.25) is 0 Å². The quantitative estimate of drug-likeness (QED) is 0.714. The van der Waals surface area contributed by atoms with Crippen molar-refractivity contribution in [2.45, 2.75) is 19.9 Å². The van der Waals surface area contributed by atoms with Crippen molar-refractivity contribution in [2.24, 2.45) is 0 Å². The summed E-state index contributed by atoms with van der Waals surface area (Å²) >= 11 is 1.38. The summed E-state index contributed by atoms with van der Waals surface area (Å²) in [6.07, 6.45) is 0. The lowest BCUT2D eigenvalue weighted by Crippen LogP contribution is -2.26. The van der Waals surface area contributed by atoms with Gasteiger partial charge < -0.3 is 15.1 Å². The Kier molecular flexibility index (Phi) is 5.00. The van der Waals surface area contributed by atoms with Gasteiger partial charge in [0.15, 0.2) is 0 Å². The van der Waals surface area contributed by atoms with E-state index in [0.717, 1.165) is 5.76 Å². The van der Waals surface area contributed by atoms with Crippen molar-refractivity contribution in [1.29, 1.82) is 0 Å². The number of hydrogen-bond donors (Lipinski definition) is 2. The van der Waals surface area contributed by atoms with Gasteiger partial charge in [0.1, 0.15) is 11.5 Å². The van der Waals surface area contributed by atoms with E-state index in [4.69, 9.17) is 4.42 Å². The summed E-state index contributed by atoms with van der Waals surface area (Å²) < 4.78 is 5.52. The van der Waals surface area contributed by atoms with Gasteiger partial charge in [0.25, 0.3) is 11.8 Å². The molecule has 1 unspecified atom stereocenters. The summed E-state index contributed by atoms with van der Waals surface area (Å²) in [5.41, 5.74) is 1.16. The van der Waals surface area contributed by atoms with Crippen molar-refractivity contribution < 1.29 is 14.0 Å². The minimum absolute atomic E-state index is 0.158. The average Bonchev–Trinajstić information content (AvgIpc) is 3.27. The third-order valence-corrected chi connectivity index (χ3v) is 4.55. The molecule has 0 bridgehead atoms. The second-order valence-corrected chi connectivity index (χ2v) is 6.60. The van der Waals surface area contributed by atoms with E-state index in [9.17, 15) is 9.59 Å². The molecule has 0 saturated heterocycles. The number of thiophene rings is 1. The van der Waals surface area contributed by atoms with Crippen molar-refractivity contribution in [2.75, 3.05) is 5.32 Å². The topological polar surface area (TPSA) is 71.3 Å². The van der Waals surface area contributed by atoms with Crippen molar-refractivity contribution in [3.8, 4) is 0 Å². The summed E-state index contributed by atoms with van der Waals surface area (Å²) in [5.74, 6) is 1.17. The second-order valence-electron chi connectivity index (χ2n) is 5.65. The Morgan fingerprint density at radius 1 is 1.04 bits per heavy atom. The molecule has 3 rings (SSSR count). The SMILES string of the molecule is Cc1ccc(C(C)NC(=O)c2ccc(NC(=O)c3cccs3)cc2)o1. The van der Waals surface area contributed by atoms with Gasteiger partial charge in [-0.15, -0.1) is 11.3 Å². The number of rotatable bonds is 5. The zero-order chi connectivity index (χ0) is 17.8. The molecule has 2 aromatic heterocycles. The second kappa shape index (κ2) is 7.36. The fourth-order valence-electron chi connectivity index (χ4n) is 2.34. The molecule has 0 aliphatic rings. The number of carbonyl (C=O) groups excluding carboxylic acids is 2. The number of hydrogen-bond acceptors (Lipinski definition) is 4. The molecule has 2 N–H and O–H groups in total. The first-order chi connectivity index (χ1) is 12.0. The molecule has 0 radical (unpaired) electrons. The molecule has 25 heavy (non-hydrogen) atoms. The maximum Gasteiger partial charge on any atom is 0.265 e. The lowest BCUT2D eigenvalue weighted by Gasteiger charge is -2.12. The van der Waals surface area contributed by atoms with Crippen molar-refractivity contribution in [3.63, 3.8) is 0 Å². The lowest BCUT2D eigenvalue weighted by molar-refractivity contribution is 0.0934. The molecule has 2 heterocycles. The molecule has 6 heteroatoms. The highest BCUT2D eigenvalue weighted by molar-refractivity contribution is 7.12. The standard InChI is InChI=1S/C19H18N2O3S/c1-12-5-10-16(24-12)13(2)20-18(22)14-6-8-15(9-7-14)21-19(23)17-4-3-11-25-17/h3-11,13H,1-2H3,(H,20,22)(H,21,23). The molecular formula is C19H18N2O3S. The van der Waals surface area contributed by atoms with Crippen LogP contribution in [0.15, 0.2) is 58.3 Å². The van der Waals surface area contributed by atoms with Gasteiger partial charge in [-0.2, -0.15) is 0 Å². The van der Waals surface area contributed by atoms with Gasteiger partial charge in [0.2, 0.25) is 0 Å². The summed E-state index contributed by atoms with van der Waals surface area (Å²) in [7, 11) is 0. The monoisotopic (exact) mass is 354 g/mol. The molecule has 0 spiro atoms. The molecule has 128 valence electrons. The van der Waals surface area contributed by atoms with Crippen LogP contribution in [0, 0.1) is 6.92 Å². The summed E-state index contributed by atoms with van der Waals surface area (Å²) in [4.78, 5) is 25.0. The molecular weight excluding hydrogens is 336 g/mol. The number of benzene rings is 1. The first-order valence-electron chi connectivity index (χ1n) is 7.85. The van der Waals surface area contributed by atoms with E-state index in [0.29, 0.717) is 21.9 Å². The predicted molar refractivity (Wildman–Crippen MR) is 98.0 cm³/mol. The highest BCUT2D eigenvalue weighted by Gasteiger charge is 2.14. The fraction of sp³-hybridized carbons (Fsp3) is 0.158. The maximum absolute atomic E-state index is 12.3. The van der Waals surface area contributed by atoms with Crippen LogP contribution in [0.4, 0.5) is 5.69 Å². The van der Waals surface area contributed by atoms with Gasteiger partial charge in [-0.3, -0.25) is 9.59 Å². The third kappa shape index (κ3) is 4.16. The largest absolute Gasteiger partial charge is 0.464 e. The van der Waals surface area contributed by atoms with Crippen LogP contribution < -0.4 is 10.6 Å². The molecule has 0 aliphatic carbocycles. The summed E-state index contributed by atoms with van der Waals surface area (Å²) in [6, 6.07) is 13.9. The number of carbonyl (C=O) groups is 2. The van der Waals surface area contributed by atoms with E-state index < -0.39 is 0 Å². The third-order valence-electron chi connectivity index (χ3n) is 3.69. The highest BCUT2D eigenvalue weighted by atomic mass is 32.1. The Bertz CT molecular complexity index is 866. The van der Waals surface area contributed by atoms with Gasteiger partial charge in [-0.25, -0.2) is 0 Å². The maximum atomic E-state index is 12.3. The lowest BCUT2D eigenvalue weighted by atomic mass is 10.1. The summed E-state index contributed by atoms with van der Waals surface area (Å²) in [6.45, 7) is 3.73. The molecule has 0 fully saturated rings. The van der Waals surface area contributed by atoms with Gasteiger partial charge >= 0.3 is 0 Å². The number of amides is 2. The van der Waals surface area contributed by atoms with Crippen LogP contribution in [-0.2, 0) is 0 Å².